The van der Waals surface area contributed by atoms with Crippen molar-refractivity contribution < 1.29 is 19.4 Å². The van der Waals surface area contributed by atoms with Gasteiger partial charge in [-0.15, -0.1) is 0 Å². The Morgan fingerprint density at radius 3 is 2.50 bits per heavy atom. The highest BCUT2D eigenvalue weighted by molar-refractivity contribution is 6.00. The van der Waals surface area contributed by atoms with Crippen LogP contribution in [-0.2, 0) is 11.2 Å². The fourth-order valence-electron chi connectivity index (χ4n) is 1.65. The Labute approximate surface area is 107 Å². The molecule has 0 aliphatic carbocycles. The third-order valence-corrected chi connectivity index (χ3v) is 2.62. The molecule has 98 valence electrons. The van der Waals surface area contributed by atoms with E-state index in [9.17, 15) is 9.59 Å². The summed E-state index contributed by atoms with van der Waals surface area (Å²) < 4.78 is 5.40. The Bertz CT molecular complexity index is 437. The van der Waals surface area contributed by atoms with Crippen LogP contribution in [0, 0.1) is 0 Å². The van der Waals surface area contributed by atoms with Crippen molar-refractivity contribution in [2.75, 3.05) is 6.61 Å². The van der Waals surface area contributed by atoms with E-state index in [0.717, 1.165) is 12.0 Å². The van der Waals surface area contributed by atoms with Crippen molar-refractivity contribution in [1.29, 1.82) is 0 Å². The van der Waals surface area contributed by atoms with Gasteiger partial charge in [-0.05, 0) is 31.0 Å². The SMILES string of the molecule is CCOc1ccc(CC)cc1C(=O)CCC(=O)O. The van der Waals surface area contributed by atoms with Gasteiger partial charge in [-0.2, -0.15) is 0 Å². The van der Waals surface area contributed by atoms with Crippen LogP contribution in [0.4, 0.5) is 0 Å². The van der Waals surface area contributed by atoms with E-state index in [1.807, 2.05) is 19.9 Å². The molecule has 1 rings (SSSR count). The molecule has 0 bridgehead atoms. The molecule has 0 saturated carbocycles. The van der Waals surface area contributed by atoms with Crippen molar-refractivity contribution in [1.82, 2.24) is 0 Å². The molecule has 0 saturated heterocycles. The standard InChI is InChI=1S/C14H18O4/c1-3-10-5-7-13(18-4-2)11(9-10)12(15)6-8-14(16)17/h5,7,9H,3-4,6,8H2,1-2H3,(H,16,17). The van der Waals surface area contributed by atoms with E-state index < -0.39 is 5.97 Å². The lowest BCUT2D eigenvalue weighted by molar-refractivity contribution is -0.136. The molecule has 1 aromatic carbocycles. The second-order valence-electron chi connectivity index (χ2n) is 3.93. The van der Waals surface area contributed by atoms with Gasteiger partial charge in [0.15, 0.2) is 5.78 Å². The zero-order valence-electron chi connectivity index (χ0n) is 10.7. The number of aliphatic carboxylic acids is 1. The third kappa shape index (κ3) is 3.87. The van der Waals surface area contributed by atoms with E-state index in [0.29, 0.717) is 17.9 Å². The number of rotatable bonds is 7. The first kappa shape index (κ1) is 14.2. The van der Waals surface area contributed by atoms with E-state index in [1.54, 1.807) is 12.1 Å². The number of carbonyl (C=O) groups excluding carboxylic acids is 1. The number of carboxylic acid groups (broad SMARTS) is 1. The summed E-state index contributed by atoms with van der Waals surface area (Å²) in [6.07, 6.45) is 0.676. The first-order chi connectivity index (χ1) is 8.58. The molecule has 0 amide bonds. The Balaban J connectivity index is 2.94. The maximum Gasteiger partial charge on any atom is 0.303 e. The van der Waals surface area contributed by atoms with Gasteiger partial charge in [0.2, 0.25) is 0 Å². The molecule has 0 fully saturated rings. The van der Waals surface area contributed by atoms with E-state index in [2.05, 4.69) is 0 Å². The van der Waals surface area contributed by atoms with Crippen LogP contribution in [-0.4, -0.2) is 23.5 Å². The summed E-state index contributed by atoms with van der Waals surface area (Å²) in [6.45, 7) is 4.32. The number of carbonyl (C=O) groups is 2. The molecule has 0 unspecified atom stereocenters. The number of aryl methyl sites for hydroxylation is 1. The smallest absolute Gasteiger partial charge is 0.303 e. The zero-order valence-corrected chi connectivity index (χ0v) is 10.7. The van der Waals surface area contributed by atoms with E-state index in [-0.39, 0.29) is 18.6 Å². The molecule has 1 aromatic rings. The normalized spacial score (nSPS) is 10.1. The Morgan fingerprint density at radius 2 is 1.94 bits per heavy atom. The minimum absolute atomic E-state index is 0.00255. The van der Waals surface area contributed by atoms with Crippen LogP contribution in [0.1, 0.15) is 42.6 Å². The van der Waals surface area contributed by atoms with Gasteiger partial charge < -0.3 is 9.84 Å². The van der Waals surface area contributed by atoms with Crippen molar-refractivity contribution in [3.63, 3.8) is 0 Å². The average Bonchev–Trinajstić information content (AvgIpc) is 2.36. The van der Waals surface area contributed by atoms with Crippen molar-refractivity contribution in [2.45, 2.75) is 33.1 Å². The van der Waals surface area contributed by atoms with Crippen molar-refractivity contribution in [3.8, 4) is 5.75 Å². The van der Waals surface area contributed by atoms with Crippen LogP contribution in [0.2, 0.25) is 0 Å². The number of carboxylic acids is 1. The van der Waals surface area contributed by atoms with Gasteiger partial charge in [-0.1, -0.05) is 13.0 Å². The third-order valence-electron chi connectivity index (χ3n) is 2.62. The average molecular weight is 250 g/mol. The second kappa shape index (κ2) is 6.79. The minimum Gasteiger partial charge on any atom is -0.493 e. The fraction of sp³-hybridized carbons (Fsp3) is 0.429. The monoisotopic (exact) mass is 250 g/mol. The van der Waals surface area contributed by atoms with E-state index >= 15 is 0 Å². The topological polar surface area (TPSA) is 63.6 Å². The van der Waals surface area contributed by atoms with Crippen molar-refractivity contribution in [3.05, 3.63) is 29.3 Å². The lowest BCUT2D eigenvalue weighted by Gasteiger charge is -2.10. The molecule has 0 aliphatic heterocycles. The number of hydrogen-bond donors (Lipinski definition) is 1. The zero-order chi connectivity index (χ0) is 13.5. The summed E-state index contributed by atoms with van der Waals surface area (Å²) in [6, 6.07) is 5.48. The van der Waals surface area contributed by atoms with E-state index in [1.165, 1.54) is 0 Å². The lowest BCUT2D eigenvalue weighted by Crippen LogP contribution is -2.07. The predicted molar refractivity (Wildman–Crippen MR) is 68.2 cm³/mol. The number of ketones is 1. The number of benzene rings is 1. The Morgan fingerprint density at radius 1 is 1.22 bits per heavy atom. The molecule has 0 heterocycles. The molecule has 0 radical (unpaired) electrons. The minimum atomic E-state index is -0.965. The van der Waals surface area contributed by atoms with Gasteiger partial charge in [0, 0.05) is 6.42 Å². The number of hydrogen-bond acceptors (Lipinski definition) is 3. The van der Waals surface area contributed by atoms with Crippen LogP contribution < -0.4 is 4.74 Å². The highest BCUT2D eigenvalue weighted by atomic mass is 16.5. The number of Topliss-reactive ketones (excluding diaryl/α,β-unsaturated/α-hetero) is 1. The van der Waals surface area contributed by atoms with Crippen LogP contribution in [0.5, 0.6) is 5.75 Å². The van der Waals surface area contributed by atoms with Crippen LogP contribution in [0.25, 0.3) is 0 Å². The molecule has 4 nitrogen and oxygen atoms in total. The maximum atomic E-state index is 12.0. The van der Waals surface area contributed by atoms with Crippen molar-refractivity contribution in [2.24, 2.45) is 0 Å². The summed E-state index contributed by atoms with van der Waals surface area (Å²) >= 11 is 0. The molecule has 1 N–H and O–H groups in total. The van der Waals surface area contributed by atoms with Crippen molar-refractivity contribution >= 4 is 11.8 Å². The van der Waals surface area contributed by atoms with Gasteiger partial charge in [-0.3, -0.25) is 9.59 Å². The van der Waals surface area contributed by atoms with Crippen LogP contribution in [0.15, 0.2) is 18.2 Å². The molecule has 4 heteroatoms. The summed E-state index contributed by atoms with van der Waals surface area (Å²) in [4.78, 5) is 22.5. The molecular weight excluding hydrogens is 232 g/mol. The second-order valence-corrected chi connectivity index (χ2v) is 3.93. The van der Waals surface area contributed by atoms with Gasteiger partial charge in [0.05, 0.1) is 18.6 Å². The van der Waals surface area contributed by atoms with E-state index in [4.69, 9.17) is 9.84 Å². The Hall–Kier alpha value is -1.84. The highest BCUT2D eigenvalue weighted by Crippen LogP contribution is 2.22. The molecule has 0 aromatic heterocycles. The first-order valence-corrected chi connectivity index (χ1v) is 6.09. The van der Waals surface area contributed by atoms with Gasteiger partial charge in [0.1, 0.15) is 5.75 Å². The molecule has 0 aliphatic rings. The van der Waals surface area contributed by atoms with Gasteiger partial charge in [-0.25, -0.2) is 0 Å². The predicted octanol–water partition coefficient (Wildman–Crippen LogP) is 2.70. The highest BCUT2D eigenvalue weighted by Gasteiger charge is 2.14. The molecular formula is C14H18O4. The number of ether oxygens (including phenoxy) is 1. The summed E-state index contributed by atoms with van der Waals surface area (Å²) in [7, 11) is 0. The Kier molecular flexibility index (Phi) is 5.36. The molecule has 0 spiro atoms. The maximum absolute atomic E-state index is 12.0. The van der Waals surface area contributed by atoms with Crippen LogP contribution >= 0.6 is 0 Å². The largest absolute Gasteiger partial charge is 0.493 e. The summed E-state index contributed by atoms with van der Waals surface area (Å²) in [5.41, 5.74) is 1.52. The molecule has 18 heavy (non-hydrogen) atoms. The van der Waals surface area contributed by atoms with Gasteiger partial charge in [0.25, 0.3) is 0 Å². The van der Waals surface area contributed by atoms with Gasteiger partial charge >= 0.3 is 5.97 Å². The first-order valence-electron chi connectivity index (χ1n) is 6.09. The quantitative estimate of drug-likeness (QED) is 0.756. The fourth-order valence-corrected chi connectivity index (χ4v) is 1.65. The lowest BCUT2D eigenvalue weighted by atomic mass is 10.0. The summed E-state index contributed by atoms with van der Waals surface area (Å²) in [5.74, 6) is -0.616. The molecule has 0 atom stereocenters. The summed E-state index contributed by atoms with van der Waals surface area (Å²) in [5, 5.41) is 8.60. The van der Waals surface area contributed by atoms with Crippen LogP contribution in [0.3, 0.4) is 0 Å².